The summed E-state index contributed by atoms with van der Waals surface area (Å²) in [6.45, 7) is 4.79. The summed E-state index contributed by atoms with van der Waals surface area (Å²) < 4.78 is 11.2. The van der Waals surface area contributed by atoms with Gasteiger partial charge in [0.15, 0.2) is 0 Å². The predicted molar refractivity (Wildman–Crippen MR) is 77.7 cm³/mol. The fourth-order valence-electron chi connectivity index (χ4n) is 1.46. The van der Waals surface area contributed by atoms with Crippen LogP contribution < -0.4 is 5.32 Å². The van der Waals surface area contributed by atoms with Crippen LogP contribution in [0, 0.1) is 0 Å². The van der Waals surface area contributed by atoms with Crippen molar-refractivity contribution >= 4 is 28.2 Å². The number of rotatable bonds is 7. The van der Waals surface area contributed by atoms with Crippen LogP contribution in [-0.2, 0) is 17.2 Å². The molecule has 0 aliphatic carbocycles. The summed E-state index contributed by atoms with van der Waals surface area (Å²) in [5.41, 5.74) is 0. The van der Waals surface area contributed by atoms with E-state index in [1.807, 2.05) is 6.92 Å². The highest BCUT2D eigenvalue weighted by molar-refractivity contribution is 7.84. The van der Waals surface area contributed by atoms with Crippen LogP contribution in [0.3, 0.4) is 0 Å². The largest absolute Gasteiger partial charge is 0.370 e. The van der Waals surface area contributed by atoms with Crippen molar-refractivity contribution < 1.29 is 4.21 Å². The van der Waals surface area contributed by atoms with Crippen molar-refractivity contribution in [3.05, 3.63) is 17.0 Å². The van der Waals surface area contributed by atoms with Crippen LogP contribution in [-0.4, -0.2) is 32.2 Å². The molecule has 0 amide bonds. The maximum atomic E-state index is 11.2. The smallest absolute Gasteiger partial charge is 0.134 e. The third-order valence-corrected chi connectivity index (χ3v) is 4.20. The van der Waals surface area contributed by atoms with E-state index < -0.39 is 10.8 Å². The number of hydrogen-bond donors (Lipinski definition) is 1. The third kappa shape index (κ3) is 5.31. The molecular formula is C12H20ClN3OS. The van der Waals surface area contributed by atoms with Gasteiger partial charge >= 0.3 is 0 Å². The number of nitrogens with one attached hydrogen (secondary N) is 1. The molecule has 4 nitrogen and oxygen atoms in total. The summed E-state index contributed by atoms with van der Waals surface area (Å²) in [6.07, 6.45) is 4.38. The Hall–Kier alpha value is -0.680. The van der Waals surface area contributed by atoms with E-state index in [2.05, 4.69) is 22.2 Å². The van der Waals surface area contributed by atoms with Crippen molar-refractivity contribution in [2.24, 2.45) is 0 Å². The Kier molecular flexibility index (Phi) is 6.57. The lowest BCUT2D eigenvalue weighted by molar-refractivity contribution is 0.672. The molecule has 0 fully saturated rings. The van der Waals surface area contributed by atoms with Gasteiger partial charge in [-0.1, -0.05) is 25.4 Å². The second-order valence-corrected chi connectivity index (χ2v) is 6.46. The minimum absolute atomic E-state index is 0.185. The molecule has 6 heteroatoms. The van der Waals surface area contributed by atoms with E-state index in [4.69, 9.17) is 11.6 Å². The zero-order valence-corrected chi connectivity index (χ0v) is 12.6. The highest BCUT2D eigenvalue weighted by Crippen LogP contribution is 2.13. The fraction of sp³-hybridized carbons (Fsp3) is 0.667. The Balaban J connectivity index is 2.53. The first kappa shape index (κ1) is 15.4. The van der Waals surface area contributed by atoms with Gasteiger partial charge in [0.2, 0.25) is 0 Å². The van der Waals surface area contributed by atoms with E-state index in [9.17, 15) is 4.21 Å². The van der Waals surface area contributed by atoms with E-state index in [1.165, 1.54) is 0 Å². The average Bonchev–Trinajstić information content (AvgIpc) is 2.28. The van der Waals surface area contributed by atoms with Gasteiger partial charge in [-0.25, -0.2) is 9.97 Å². The van der Waals surface area contributed by atoms with Crippen LogP contribution in [0.15, 0.2) is 6.07 Å². The van der Waals surface area contributed by atoms with Gasteiger partial charge in [0.25, 0.3) is 0 Å². The molecule has 1 heterocycles. The second kappa shape index (κ2) is 7.69. The summed E-state index contributed by atoms with van der Waals surface area (Å²) in [4.78, 5) is 8.54. The lowest BCUT2D eigenvalue weighted by atomic mass is 10.3. The van der Waals surface area contributed by atoms with Crippen LogP contribution in [0.25, 0.3) is 0 Å². The van der Waals surface area contributed by atoms with Crippen LogP contribution in [0.4, 0.5) is 5.82 Å². The lowest BCUT2D eigenvalue weighted by Gasteiger charge is -2.10. The molecule has 0 aliphatic heterocycles. The Morgan fingerprint density at radius 2 is 2.22 bits per heavy atom. The summed E-state index contributed by atoms with van der Waals surface area (Å²) in [5.74, 6) is 1.51. The Bertz CT molecular complexity index is 414. The van der Waals surface area contributed by atoms with Crippen molar-refractivity contribution in [1.82, 2.24) is 9.97 Å². The first-order valence-corrected chi connectivity index (χ1v) is 8.12. The molecular weight excluding hydrogens is 270 g/mol. The molecule has 1 rings (SSSR count). The van der Waals surface area contributed by atoms with E-state index in [0.29, 0.717) is 5.15 Å². The molecule has 1 N–H and O–H groups in total. The van der Waals surface area contributed by atoms with E-state index in [0.717, 1.165) is 37.4 Å². The summed E-state index contributed by atoms with van der Waals surface area (Å²) in [6, 6.07) is 1.72. The van der Waals surface area contributed by atoms with Gasteiger partial charge < -0.3 is 5.32 Å². The van der Waals surface area contributed by atoms with Crippen LogP contribution >= 0.6 is 11.6 Å². The van der Waals surface area contributed by atoms with E-state index >= 15 is 0 Å². The van der Waals surface area contributed by atoms with Gasteiger partial charge in [0.1, 0.15) is 16.8 Å². The molecule has 2 atom stereocenters. The normalized spacial score (nSPS) is 14.2. The summed E-state index contributed by atoms with van der Waals surface area (Å²) in [5, 5.41) is 3.85. The van der Waals surface area contributed by atoms with Crippen molar-refractivity contribution in [2.45, 2.75) is 38.4 Å². The highest BCUT2D eigenvalue weighted by Gasteiger charge is 2.06. The summed E-state index contributed by atoms with van der Waals surface area (Å²) >= 11 is 5.94. The van der Waals surface area contributed by atoms with Crippen molar-refractivity contribution in [2.75, 3.05) is 18.1 Å². The number of anilines is 1. The number of nitrogens with zero attached hydrogens (tertiary/aromatic N) is 2. The number of hydrogen-bond acceptors (Lipinski definition) is 4. The van der Waals surface area contributed by atoms with Gasteiger partial charge in [0.05, 0.1) is 0 Å². The topological polar surface area (TPSA) is 54.9 Å². The van der Waals surface area contributed by atoms with Gasteiger partial charge in [-0.15, -0.1) is 0 Å². The quantitative estimate of drug-likeness (QED) is 0.784. The molecule has 0 spiro atoms. The Morgan fingerprint density at radius 1 is 1.50 bits per heavy atom. The average molecular weight is 290 g/mol. The molecule has 102 valence electrons. The first-order valence-electron chi connectivity index (χ1n) is 6.12. The van der Waals surface area contributed by atoms with Crippen molar-refractivity contribution in [3.63, 3.8) is 0 Å². The van der Waals surface area contributed by atoms with Gasteiger partial charge in [-0.3, -0.25) is 4.21 Å². The predicted octanol–water partition coefficient (Wildman–Crippen LogP) is 2.65. The zero-order valence-electron chi connectivity index (χ0n) is 11.1. The monoisotopic (exact) mass is 289 g/mol. The SMILES string of the molecule is CCCc1nc(Cl)cc(NCCC(C)S(C)=O)n1. The molecule has 1 aromatic heterocycles. The third-order valence-electron chi connectivity index (χ3n) is 2.64. The molecule has 0 saturated heterocycles. The maximum Gasteiger partial charge on any atom is 0.134 e. The Morgan fingerprint density at radius 3 is 2.83 bits per heavy atom. The molecule has 0 radical (unpaired) electrons. The molecule has 0 bridgehead atoms. The standard InChI is InChI=1S/C12H20ClN3OS/c1-4-5-11-15-10(13)8-12(16-11)14-7-6-9(2)18(3)17/h8-9H,4-7H2,1-3H3,(H,14,15,16). The van der Waals surface area contributed by atoms with Crippen molar-refractivity contribution in [3.8, 4) is 0 Å². The van der Waals surface area contributed by atoms with Gasteiger partial charge in [-0.05, 0) is 12.8 Å². The van der Waals surface area contributed by atoms with Crippen LogP contribution in [0.2, 0.25) is 5.15 Å². The van der Waals surface area contributed by atoms with E-state index in [1.54, 1.807) is 12.3 Å². The van der Waals surface area contributed by atoms with Gasteiger partial charge in [0, 0.05) is 41.3 Å². The Labute approximate surface area is 116 Å². The molecule has 18 heavy (non-hydrogen) atoms. The summed E-state index contributed by atoms with van der Waals surface area (Å²) in [7, 11) is -0.779. The van der Waals surface area contributed by atoms with Gasteiger partial charge in [-0.2, -0.15) is 0 Å². The second-order valence-electron chi connectivity index (χ2n) is 4.27. The number of aryl methyl sites for hydroxylation is 1. The van der Waals surface area contributed by atoms with Crippen LogP contribution in [0.1, 0.15) is 32.5 Å². The lowest BCUT2D eigenvalue weighted by Crippen LogP contribution is -2.15. The number of halogens is 1. The molecule has 1 aromatic rings. The maximum absolute atomic E-state index is 11.2. The highest BCUT2D eigenvalue weighted by atomic mass is 35.5. The molecule has 0 aliphatic rings. The zero-order chi connectivity index (χ0) is 13.5. The van der Waals surface area contributed by atoms with E-state index in [-0.39, 0.29) is 5.25 Å². The minimum Gasteiger partial charge on any atom is -0.370 e. The van der Waals surface area contributed by atoms with Crippen LogP contribution in [0.5, 0.6) is 0 Å². The molecule has 0 saturated carbocycles. The minimum atomic E-state index is -0.779. The molecule has 2 unspecified atom stereocenters. The first-order chi connectivity index (χ1) is 8.52. The fourth-order valence-corrected chi connectivity index (χ4v) is 2.11. The number of aromatic nitrogens is 2. The molecule has 0 aromatic carbocycles. The van der Waals surface area contributed by atoms with Crippen molar-refractivity contribution in [1.29, 1.82) is 0 Å².